The average molecular weight is 304 g/mol. The number of carbonyl (C=O) groups is 1. The van der Waals surface area contributed by atoms with Gasteiger partial charge in [0.1, 0.15) is 6.61 Å². The lowest BCUT2D eigenvalue weighted by atomic mass is 9.84. The molecule has 0 unspecified atom stereocenters. The molecule has 0 bridgehead atoms. The minimum absolute atomic E-state index is 0.0189. The van der Waals surface area contributed by atoms with E-state index in [2.05, 4.69) is 12.2 Å². The summed E-state index contributed by atoms with van der Waals surface area (Å²) in [6.45, 7) is 3.70. The lowest BCUT2D eigenvalue weighted by Gasteiger charge is -2.39. The molecule has 1 aromatic carbocycles. The summed E-state index contributed by atoms with van der Waals surface area (Å²) < 4.78 is 10.4. The smallest absolute Gasteiger partial charge is 0.411 e. The van der Waals surface area contributed by atoms with Crippen LogP contribution in [-0.4, -0.2) is 25.9 Å². The summed E-state index contributed by atoms with van der Waals surface area (Å²) in [4.78, 5) is 11.7. The van der Waals surface area contributed by atoms with Crippen molar-refractivity contribution in [3.63, 3.8) is 0 Å². The molecule has 4 nitrogen and oxygen atoms in total. The lowest BCUT2D eigenvalue weighted by molar-refractivity contribution is -0.138. The number of halogens is 2. The second-order valence-corrected chi connectivity index (χ2v) is 5.49. The van der Waals surface area contributed by atoms with Gasteiger partial charge in [-0.1, -0.05) is 30.1 Å². The minimum Gasteiger partial charge on any atom is -0.449 e. The SMILES string of the molecule is CCC1(COC(=O)Nc2ccc(Cl)c(Cl)c2)COC1. The van der Waals surface area contributed by atoms with E-state index in [0.29, 0.717) is 35.6 Å². The van der Waals surface area contributed by atoms with Crippen LogP contribution in [0.3, 0.4) is 0 Å². The second-order valence-electron chi connectivity index (χ2n) is 4.68. The van der Waals surface area contributed by atoms with Crippen molar-refractivity contribution in [1.82, 2.24) is 0 Å². The zero-order valence-corrected chi connectivity index (χ0v) is 12.1. The quantitative estimate of drug-likeness (QED) is 0.915. The van der Waals surface area contributed by atoms with Crippen molar-refractivity contribution in [3.8, 4) is 0 Å². The Balaban J connectivity index is 1.85. The summed E-state index contributed by atoms with van der Waals surface area (Å²) in [5, 5.41) is 3.44. The molecule has 1 aromatic rings. The number of ether oxygens (including phenoxy) is 2. The second kappa shape index (κ2) is 5.99. The normalized spacial score (nSPS) is 16.6. The van der Waals surface area contributed by atoms with Crippen molar-refractivity contribution in [2.45, 2.75) is 13.3 Å². The lowest BCUT2D eigenvalue weighted by Crippen LogP contribution is -2.46. The number of hydrogen-bond donors (Lipinski definition) is 1. The van der Waals surface area contributed by atoms with Crippen LogP contribution in [0.2, 0.25) is 10.0 Å². The Kier molecular flexibility index (Phi) is 4.55. The number of rotatable bonds is 4. The molecule has 0 spiro atoms. The van der Waals surface area contributed by atoms with E-state index < -0.39 is 6.09 Å². The molecule has 1 saturated heterocycles. The maximum absolute atomic E-state index is 11.7. The largest absolute Gasteiger partial charge is 0.449 e. The molecule has 6 heteroatoms. The van der Waals surface area contributed by atoms with Gasteiger partial charge in [0.15, 0.2) is 0 Å². The van der Waals surface area contributed by atoms with E-state index in [1.807, 2.05) is 0 Å². The molecular weight excluding hydrogens is 289 g/mol. The van der Waals surface area contributed by atoms with Gasteiger partial charge in [-0.3, -0.25) is 5.32 Å². The van der Waals surface area contributed by atoms with Gasteiger partial charge in [0.05, 0.1) is 28.7 Å². The predicted octanol–water partition coefficient (Wildman–Crippen LogP) is 3.97. The average Bonchev–Trinajstić information content (AvgIpc) is 2.33. The van der Waals surface area contributed by atoms with Crippen molar-refractivity contribution in [1.29, 1.82) is 0 Å². The third-order valence-electron chi connectivity index (χ3n) is 3.24. The molecule has 1 N–H and O–H groups in total. The van der Waals surface area contributed by atoms with Crippen molar-refractivity contribution < 1.29 is 14.3 Å². The van der Waals surface area contributed by atoms with Gasteiger partial charge in [0, 0.05) is 5.69 Å². The summed E-state index contributed by atoms with van der Waals surface area (Å²) in [6.07, 6.45) is 0.422. The molecule has 0 radical (unpaired) electrons. The molecule has 0 aromatic heterocycles. The fraction of sp³-hybridized carbons (Fsp3) is 0.462. The Labute approximate surface area is 122 Å². The molecule has 0 saturated carbocycles. The monoisotopic (exact) mass is 303 g/mol. The fourth-order valence-corrected chi connectivity index (χ4v) is 2.02. The van der Waals surface area contributed by atoms with E-state index in [9.17, 15) is 4.79 Å². The zero-order valence-electron chi connectivity index (χ0n) is 10.5. The zero-order chi connectivity index (χ0) is 13.9. The van der Waals surface area contributed by atoms with Gasteiger partial charge in [0.2, 0.25) is 0 Å². The number of hydrogen-bond acceptors (Lipinski definition) is 3. The van der Waals surface area contributed by atoms with Crippen LogP contribution in [0.5, 0.6) is 0 Å². The summed E-state index contributed by atoms with van der Waals surface area (Å²) in [6, 6.07) is 4.86. The first-order chi connectivity index (χ1) is 9.04. The molecule has 1 aliphatic heterocycles. The molecule has 1 heterocycles. The molecule has 1 aliphatic rings. The van der Waals surface area contributed by atoms with Gasteiger partial charge in [-0.15, -0.1) is 0 Å². The van der Waals surface area contributed by atoms with Gasteiger partial charge >= 0.3 is 6.09 Å². The highest BCUT2D eigenvalue weighted by Crippen LogP contribution is 2.31. The highest BCUT2D eigenvalue weighted by Gasteiger charge is 2.38. The van der Waals surface area contributed by atoms with Crippen molar-refractivity contribution in [2.24, 2.45) is 5.41 Å². The number of anilines is 1. The highest BCUT2D eigenvalue weighted by molar-refractivity contribution is 6.42. The highest BCUT2D eigenvalue weighted by atomic mass is 35.5. The molecule has 19 heavy (non-hydrogen) atoms. The van der Waals surface area contributed by atoms with Crippen molar-refractivity contribution in [2.75, 3.05) is 25.1 Å². The van der Waals surface area contributed by atoms with Crippen LogP contribution in [0, 0.1) is 5.41 Å². The predicted molar refractivity (Wildman–Crippen MR) is 75.0 cm³/mol. The molecular formula is C13H15Cl2NO3. The molecule has 0 atom stereocenters. The summed E-state index contributed by atoms with van der Waals surface area (Å²) in [5.41, 5.74) is 0.532. The van der Waals surface area contributed by atoms with Crippen LogP contribution in [0.25, 0.3) is 0 Å². The first-order valence-corrected chi connectivity index (χ1v) is 6.77. The van der Waals surface area contributed by atoms with Crippen molar-refractivity contribution in [3.05, 3.63) is 28.2 Å². The first kappa shape index (κ1) is 14.4. The Hall–Kier alpha value is -0.970. The number of carbonyl (C=O) groups excluding carboxylic acids is 1. The van der Waals surface area contributed by atoms with Gasteiger partial charge in [-0.25, -0.2) is 4.79 Å². The molecule has 1 fully saturated rings. The summed E-state index contributed by atoms with van der Waals surface area (Å²) >= 11 is 11.7. The van der Waals surface area contributed by atoms with Crippen LogP contribution in [0.15, 0.2) is 18.2 Å². The number of nitrogens with one attached hydrogen (secondary N) is 1. The fourth-order valence-electron chi connectivity index (χ4n) is 1.73. The van der Waals surface area contributed by atoms with Crippen LogP contribution < -0.4 is 5.32 Å². The van der Waals surface area contributed by atoms with E-state index in [0.717, 1.165) is 6.42 Å². The Morgan fingerprint density at radius 1 is 1.42 bits per heavy atom. The maximum Gasteiger partial charge on any atom is 0.411 e. The first-order valence-electron chi connectivity index (χ1n) is 6.01. The Morgan fingerprint density at radius 3 is 2.68 bits per heavy atom. The Morgan fingerprint density at radius 2 is 2.16 bits per heavy atom. The van der Waals surface area contributed by atoms with Crippen LogP contribution in [0.4, 0.5) is 10.5 Å². The molecule has 2 rings (SSSR count). The van der Waals surface area contributed by atoms with E-state index in [1.54, 1.807) is 18.2 Å². The third kappa shape index (κ3) is 3.53. The standard InChI is InChI=1S/C13H15Cl2NO3/c1-2-13(6-18-7-13)8-19-12(17)16-9-3-4-10(14)11(15)5-9/h3-5H,2,6-8H2,1H3,(H,16,17). The van der Waals surface area contributed by atoms with Gasteiger partial charge < -0.3 is 9.47 Å². The van der Waals surface area contributed by atoms with Gasteiger partial charge in [0.25, 0.3) is 0 Å². The maximum atomic E-state index is 11.7. The third-order valence-corrected chi connectivity index (χ3v) is 3.98. The van der Waals surface area contributed by atoms with Crippen molar-refractivity contribution >= 4 is 35.0 Å². The van der Waals surface area contributed by atoms with E-state index in [4.69, 9.17) is 32.7 Å². The number of amides is 1. The number of benzene rings is 1. The molecule has 0 aliphatic carbocycles. The van der Waals surface area contributed by atoms with E-state index in [-0.39, 0.29) is 5.41 Å². The van der Waals surface area contributed by atoms with Gasteiger partial charge in [-0.2, -0.15) is 0 Å². The molecule has 104 valence electrons. The molecule has 1 amide bonds. The van der Waals surface area contributed by atoms with E-state index >= 15 is 0 Å². The van der Waals surface area contributed by atoms with Crippen LogP contribution in [-0.2, 0) is 9.47 Å². The van der Waals surface area contributed by atoms with E-state index in [1.165, 1.54) is 0 Å². The van der Waals surface area contributed by atoms with Crippen LogP contribution in [0.1, 0.15) is 13.3 Å². The topological polar surface area (TPSA) is 47.6 Å². The van der Waals surface area contributed by atoms with Gasteiger partial charge in [-0.05, 0) is 24.6 Å². The summed E-state index contributed by atoms with van der Waals surface area (Å²) in [5.74, 6) is 0. The van der Waals surface area contributed by atoms with Crippen LogP contribution >= 0.6 is 23.2 Å². The minimum atomic E-state index is -0.502. The Bertz CT molecular complexity index is 469. The summed E-state index contributed by atoms with van der Waals surface area (Å²) in [7, 11) is 0.